The third-order valence-corrected chi connectivity index (χ3v) is 6.58. The number of carbonyl (C=O) groups excluding carboxylic acids is 3. The number of amides is 4. The predicted molar refractivity (Wildman–Crippen MR) is 123 cm³/mol. The van der Waals surface area contributed by atoms with Gasteiger partial charge in [-0.3, -0.25) is 24.6 Å². The minimum absolute atomic E-state index is 0.131. The summed E-state index contributed by atoms with van der Waals surface area (Å²) in [5.74, 6) is 0.290. The second-order valence-corrected chi connectivity index (χ2v) is 10.1. The van der Waals surface area contributed by atoms with Crippen molar-refractivity contribution in [3.63, 3.8) is 0 Å². The number of nitrogens with one attached hydrogen (secondary N) is 1. The molecule has 0 radical (unpaired) electrons. The Morgan fingerprint density at radius 3 is 2.48 bits per heavy atom. The first-order valence-corrected chi connectivity index (χ1v) is 11.4. The van der Waals surface area contributed by atoms with Gasteiger partial charge in [-0.05, 0) is 51.8 Å². The van der Waals surface area contributed by atoms with Crippen molar-refractivity contribution in [2.45, 2.75) is 57.7 Å². The Balaban J connectivity index is 1.38. The van der Waals surface area contributed by atoms with Gasteiger partial charge in [0.1, 0.15) is 5.60 Å². The van der Waals surface area contributed by atoms with Crippen molar-refractivity contribution in [2.75, 3.05) is 29.4 Å². The van der Waals surface area contributed by atoms with Gasteiger partial charge in [0.05, 0.1) is 17.6 Å². The van der Waals surface area contributed by atoms with Gasteiger partial charge < -0.3 is 9.64 Å². The van der Waals surface area contributed by atoms with Gasteiger partial charge in [0.2, 0.25) is 5.91 Å². The molecule has 0 spiro atoms. The highest BCUT2D eigenvalue weighted by molar-refractivity contribution is 6.09. The number of rotatable bonds is 2. The van der Waals surface area contributed by atoms with Crippen LogP contribution in [0.1, 0.15) is 40.0 Å². The van der Waals surface area contributed by atoms with Gasteiger partial charge in [-0.25, -0.2) is 9.59 Å². The molecule has 2 unspecified atom stereocenters. The molecule has 3 fully saturated rings. The van der Waals surface area contributed by atoms with Gasteiger partial charge in [0.25, 0.3) is 0 Å². The van der Waals surface area contributed by atoms with Gasteiger partial charge in [0.15, 0.2) is 5.82 Å². The minimum Gasteiger partial charge on any atom is -0.444 e. The van der Waals surface area contributed by atoms with Crippen LogP contribution in [0.5, 0.6) is 0 Å². The summed E-state index contributed by atoms with van der Waals surface area (Å²) in [5.41, 5.74) is 1.47. The number of fused-ring (bicyclic) bond motifs is 3. The van der Waals surface area contributed by atoms with E-state index in [2.05, 4.69) is 21.4 Å². The summed E-state index contributed by atoms with van der Waals surface area (Å²) >= 11 is 0. The van der Waals surface area contributed by atoms with Crippen LogP contribution in [0.15, 0.2) is 18.2 Å². The van der Waals surface area contributed by atoms with Crippen LogP contribution in [0.4, 0.5) is 21.1 Å². The molecule has 2 aromatic rings. The van der Waals surface area contributed by atoms with E-state index in [1.165, 1.54) is 4.90 Å². The van der Waals surface area contributed by atoms with Crippen LogP contribution < -0.4 is 15.1 Å². The first kappa shape index (κ1) is 21.5. The molecule has 176 valence electrons. The van der Waals surface area contributed by atoms with Gasteiger partial charge in [-0.2, -0.15) is 5.10 Å². The van der Waals surface area contributed by atoms with E-state index in [0.717, 1.165) is 42.5 Å². The lowest BCUT2D eigenvalue weighted by atomic mass is 10.1. The minimum atomic E-state index is -0.505. The topological polar surface area (TPSA) is 100 Å². The molecule has 0 aliphatic carbocycles. The third-order valence-electron chi connectivity index (χ3n) is 6.58. The maximum atomic E-state index is 12.8. The number of imide groups is 1. The largest absolute Gasteiger partial charge is 0.444 e. The molecule has 2 bridgehead atoms. The Morgan fingerprint density at radius 2 is 1.85 bits per heavy atom. The number of urea groups is 1. The first-order chi connectivity index (χ1) is 15.6. The van der Waals surface area contributed by atoms with Crippen molar-refractivity contribution in [3.05, 3.63) is 18.2 Å². The maximum absolute atomic E-state index is 12.8. The van der Waals surface area contributed by atoms with E-state index in [9.17, 15) is 14.4 Å². The number of nitrogens with zero attached hydrogens (tertiary/aromatic N) is 5. The average molecular weight is 455 g/mol. The zero-order valence-corrected chi connectivity index (χ0v) is 19.5. The van der Waals surface area contributed by atoms with Gasteiger partial charge in [-0.1, -0.05) is 0 Å². The zero-order valence-electron chi connectivity index (χ0n) is 19.5. The Morgan fingerprint density at radius 1 is 1.15 bits per heavy atom. The summed E-state index contributed by atoms with van der Waals surface area (Å²) in [6.07, 6.45) is 1.98. The zero-order chi connectivity index (χ0) is 23.5. The van der Waals surface area contributed by atoms with E-state index in [1.54, 1.807) is 4.68 Å². The molecule has 10 nitrogen and oxygen atoms in total. The fraction of sp³-hybridized carbons (Fsp3) is 0.565. The molecule has 3 aliphatic rings. The van der Waals surface area contributed by atoms with Gasteiger partial charge >= 0.3 is 12.1 Å². The quantitative estimate of drug-likeness (QED) is 0.749. The number of ether oxygens (including phenoxy) is 1. The van der Waals surface area contributed by atoms with Crippen molar-refractivity contribution >= 4 is 40.4 Å². The number of anilines is 2. The lowest BCUT2D eigenvalue weighted by Gasteiger charge is -2.42. The molecule has 10 heteroatoms. The second-order valence-electron chi connectivity index (χ2n) is 10.1. The fourth-order valence-corrected chi connectivity index (χ4v) is 5.12. The van der Waals surface area contributed by atoms with Crippen LogP contribution in [-0.2, 0) is 16.6 Å². The van der Waals surface area contributed by atoms with Crippen LogP contribution in [0.3, 0.4) is 0 Å². The number of aromatic nitrogens is 2. The lowest BCUT2D eigenvalue weighted by molar-refractivity contribution is -0.120. The van der Waals surface area contributed by atoms with Gasteiger partial charge in [0, 0.05) is 44.2 Å². The van der Waals surface area contributed by atoms with E-state index in [4.69, 9.17) is 4.74 Å². The maximum Gasteiger partial charge on any atom is 0.410 e. The molecule has 1 aromatic heterocycles. The van der Waals surface area contributed by atoms with E-state index in [1.807, 2.05) is 44.9 Å². The van der Waals surface area contributed by atoms with Gasteiger partial charge in [-0.15, -0.1) is 0 Å². The number of piperazine rings is 1. The molecule has 1 N–H and O–H groups in total. The van der Waals surface area contributed by atoms with Crippen LogP contribution in [0, 0.1) is 0 Å². The van der Waals surface area contributed by atoms with Crippen molar-refractivity contribution in [3.8, 4) is 0 Å². The second kappa shape index (κ2) is 7.64. The third kappa shape index (κ3) is 3.87. The van der Waals surface area contributed by atoms with Crippen LogP contribution in [0.25, 0.3) is 10.9 Å². The molecule has 33 heavy (non-hydrogen) atoms. The molecule has 1 aromatic carbocycles. The molecule has 3 aliphatic heterocycles. The highest BCUT2D eigenvalue weighted by atomic mass is 16.6. The lowest BCUT2D eigenvalue weighted by Crippen LogP contribution is -2.56. The van der Waals surface area contributed by atoms with E-state index in [0.29, 0.717) is 12.4 Å². The number of benzene rings is 1. The normalized spacial score (nSPS) is 23.3. The molecule has 5 rings (SSSR count). The SMILES string of the molecule is Cn1nc(N2CCC(=O)NC2=O)c2ccc(N3CC4CCC(C3)N4C(=O)OC(C)(C)C)cc21. The van der Waals surface area contributed by atoms with Crippen LogP contribution in [-0.4, -0.2) is 70.0 Å². The predicted octanol–water partition coefficient (Wildman–Crippen LogP) is 2.61. The Kier molecular flexibility index (Phi) is 4.98. The highest BCUT2D eigenvalue weighted by Gasteiger charge is 2.44. The summed E-state index contributed by atoms with van der Waals surface area (Å²) in [6.45, 7) is 7.50. The molecule has 2 atom stereocenters. The van der Waals surface area contributed by atoms with Crippen molar-refractivity contribution in [1.29, 1.82) is 0 Å². The van der Waals surface area contributed by atoms with E-state index >= 15 is 0 Å². The molecular formula is C23H30N6O4. The summed E-state index contributed by atoms with van der Waals surface area (Å²) < 4.78 is 7.41. The van der Waals surface area contributed by atoms with E-state index in [-0.39, 0.29) is 30.5 Å². The summed E-state index contributed by atoms with van der Waals surface area (Å²) in [5, 5.41) is 7.79. The molecular weight excluding hydrogens is 424 g/mol. The van der Waals surface area contributed by atoms with Crippen molar-refractivity contribution in [1.82, 2.24) is 20.0 Å². The number of hydrogen-bond donors (Lipinski definition) is 1. The highest BCUT2D eigenvalue weighted by Crippen LogP contribution is 2.36. The number of carbonyl (C=O) groups is 3. The number of aryl methyl sites for hydroxylation is 1. The standard InChI is InChI=1S/C23H30N6O4/c1-23(2,3)33-22(32)29-15-5-6-16(29)13-27(12-15)14-7-8-17-18(11-14)26(4)25-20(17)28-10-9-19(30)24-21(28)31/h7-8,11,15-16H,5-6,9-10,12-13H2,1-4H3,(H,24,30,31). The first-order valence-electron chi connectivity index (χ1n) is 11.4. The molecule has 0 saturated carbocycles. The average Bonchev–Trinajstić information content (AvgIpc) is 3.20. The molecule has 4 amide bonds. The molecule has 3 saturated heterocycles. The summed E-state index contributed by atoms with van der Waals surface area (Å²) in [4.78, 5) is 42.3. The number of hydrogen-bond acceptors (Lipinski definition) is 6. The Hall–Kier alpha value is -3.30. The van der Waals surface area contributed by atoms with Crippen molar-refractivity contribution < 1.29 is 19.1 Å². The summed E-state index contributed by atoms with van der Waals surface area (Å²) in [6, 6.07) is 5.94. The van der Waals surface area contributed by atoms with Crippen LogP contribution >= 0.6 is 0 Å². The Bertz CT molecular complexity index is 1120. The smallest absolute Gasteiger partial charge is 0.410 e. The molecule has 4 heterocycles. The monoisotopic (exact) mass is 454 g/mol. The van der Waals surface area contributed by atoms with Crippen molar-refractivity contribution in [2.24, 2.45) is 7.05 Å². The summed E-state index contributed by atoms with van der Waals surface area (Å²) in [7, 11) is 1.85. The van der Waals surface area contributed by atoms with E-state index < -0.39 is 11.6 Å². The van der Waals surface area contributed by atoms with Crippen LogP contribution in [0.2, 0.25) is 0 Å². The fourth-order valence-electron chi connectivity index (χ4n) is 5.12. The Labute approximate surface area is 192 Å².